The van der Waals surface area contributed by atoms with E-state index in [4.69, 9.17) is 11.6 Å². The highest BCUT2D eigenvalue weighted by molar-refractivity contribution is 8.02. The molecule has 1 unspecified atom stereocenters. The standard InChI is InChI=1S/C22H21ClN4O3S/c23-14-4-9-17-18(12-14)25-20(24-17)13-19-21(28)26(22(31-19)10-2-1-3-11-22)15-5-7-16(8-6-15)27(29)30/h4-9,12,19H,1-3,10-11,13H2,(H,24,25). The van der Waals surface area contributed by atoms with Gasteiger partial charge in [-0.3, -0.25) is 19.8 Å². The Labute approximate surface area is 188 Å². The number of hydrogen-bond donors (Lipinski definition) is 1. The molecule has 2 heterocycles. The second-order valence-electron chi connectivity index (χ2n) is 8.11. The molecule has 1 saturated heterocycles. The van der Waals surface area contributed by atoms with Gasteiger partial charge in [0.15, 0.2) is 0 Å². The van der Waals surface area contributed by atoms with Crippen molar-refractivity contribution in [1.29, 1.82) is 0 Å². The normalized spacial score (nSPS) is 20.6. The monoisotopic (exact) mass is 456 g/mol. The number of imidazole rings is 1. The number of carbonyl (C=O) groups excluding carboxylic acids is 1. The first-order valence-electron chi connectivity index (χ1n) is 10.4. The topological polar surface area (TPSA) is 92.1 Å². The van der Waals surface area contributed by atoms with Crippen LogP contribution in [0.5, 0.6) is 0 Å². The number of amides is 1. The Morgan fingerprint density at radius 3 is 2.65 bits per heavy atom. The summed E-state index contributed by atoms with van der Waals surface area (Å²) in [6.45, 7) is 0. The summed E-state index contributed by atoms with van der Waals surface area (Å²) in [5.41, 5.74) is 2.44. The summed E-state index contributed by atoms with van der Waals surface area (Å²) in [5.74, 6) is 0.805. The van der Waals surface area contributed by atoms with Gasteiger partial charge in [-0.15, -0.1) is 11.8 Å². The highest BCUT2D eigenvalue weighted by atomic mass is 35.5. The van der Waals surface area contributed by atoms with Crippen molar-refractivity contribution in [2.45, 2.75) is 48.6 Å². The van der Waals surface area contributed by atoms with Gasteiger partial charge in [0.05, 0.1) is 26.1 Å². The highest BCUT2D eigenvalue weighted by Crippen LogP contribution is 2.52. The number of H-pyrrole nitrogens is 1. The van der Waals surface area contributed by atoms with E-state index in [9.17, 15) is 14.9 Å². The number of fused-ring (bicyclic) bond motifs is 1. The third kappa shape index (κ3) is 3.68. The summed E-state index contributed by atoms with van der Waals surface area (Å²) < 4.78 is 0. The Morgan fingerprint density at radius 1 is 1.19 bits per heavy atom. The number of nitrogens with one attached hydrogen (secondary N) is 1. The summed E-state index contributed by atoms with van der Waals surface area (Å²) in [5, 5.41) is 11.4. The molecular weight excluding hydrogens is 436 g/mol. The first-order chi connectivity index (χ1) is 14.9. The van der Waals surface area contributed by atoms with Crippen LogP contribution in [0.3, 0.4) is 0 Å². The predicted molar refractivity (Wildman–Crippen MR) is 123 cm³/mol. The summed E-state index contributed by atoms with van der Waals surface area (Å²) in [6, 6.07) is 11.8. The van der Waals surface area contributed by atoms with Gasteiger partial charge in [-0.25, -0.2) is 4.98 Å². The van der Waals surface area contributed by atoms with Crippen molar-refractivity contribution in [3.8, 4) is 0 Å². The molecule has 5 rings (SSSR count). The Hall–Kier alpha value is -2.58. The number of nitro groups is 1. The van der Waals surface area contributed by atoms with E-state index in [1.54, 1.807) is 30.0 Å². The van der Waals surface area contributed by atoms with Crippen LogP contribution in [0.1, 0.15) is 37.9 Å². The minimum Gasteiger partial charge on any atom is -0.342 e. The van der Waals surface area contributed by atoms with Crippen molar-refractivity contribution in [2.24, 2.45) is 0 Å². The predicted octanol–water partition coefficient (Wildman–Crippen LogP) is 5.48. The third-order valence-corrected chi connectivity index (χ3v) is 8.01. The second kappa shape index (κ2) is 7.84. The molecule has 1 saturated carbocycles. The second-order valence-corrected chi connectivity index (χ2v) is 10.1. The average molecular weight is 457 g/mol. The number of hydrogen-bond acceptors (Lipinski definition) is 5. The number of anilines is 1. The number of aromatic nitrogens is 2. The van der Waals surface area contributed by atoms with Crippen LogP contribution in [0.2, 0.25) is 5.02 Å². The number of benzene rings is 2. The van der Waals surface area contributed by atoms with Crippen molar-refractivity contribution in [2.75, 3.05) is 4.90 Å². The van der Waals surface area contributed by atoms with Crippen LogP contribution in [-0.2, 0) is 11.2 Å². The van der Waals surface area contributed by atoms with E-state index >= 15 is 0 Å². The number of thioether (sulfide) groups is 1. The number of rotatable bonds is 4. The van der Waals surface area contributed by atoms with Crippen LogP contribution < -0.4 is 4.90 Å². The SMILES string of the molecule is O=C1C(Cc2nc3ccc(Cl)cc3[nH]2)SC2(CCCCC2)N1c1ccc([N+](=O)[O-])cc1. The zero-order valence-corrected chi connectivity index (χ0v) is 18.3. The van der Waals surface area contributed by atoms with Gasteiger partial charge in [0, 0.05) is 29.3 Å². The molecule has 0 bridgehead atoms. The van der Waals surface area contributed by atoms with E-state index in [0.717, 1.165) is 48.2 Å². The smallest absolute Gasteiger partial charge is 0.269 e. The third-order valence-electron chi connectivity index (χ3n) is 6.09. The van der Waals surface area contributed by atoms with E-state index in [2.05, 4.69) is 9.97 Å². The van der Waals surface area contributed by atoms with Crippen LogP contribution in [0.25, 0.3) is 11.0 Å². The molecular formula is C22H21ClN4O3S. The molecule has 1 atom stereocenters. The Kier molecular flexibility index (Phi) is 5.14. The molecule has 1 aromatic heterocycles. The van der Waals surface area contributed by atoms with Gasteiger partial charge >= 0.3 is 0 Å². The zero-order chi connectivity index (χ0) is 21.6. The fourth-order valence-corrected chi connectivity index (χ4v) is 6.65. The van der Waals surface area contributed by atoms with Crippen LogP contribution in [0, 0.1) is 10.1 Å². The van der Waals surface area contributed by atoms with Crippen LogP contribution in [0.4, 0.5) is 11.4 Å². The van der Waals surface area contributed by atoms with Gasteiger partial charge in [-0.1, -0.05) is 30.9 Å². The quantitative estimate of drug-likeness (QED) is 0.414. The van der Waals surface area contributed by atoms with E-state index < -0.39 is 4.92 Å². The summed E-state index contributed by atoms with van der Waals surface area (Å²) in [6.07, 6.45) is 5.65. The molecule has 1 aliphatic heterocycles. The number of carbonyl (C=O) groups is 1. The summed E-state index contributed by atoms with van der Waals surface area (Å²) >= 11 is 7.80. The minimum absolute atomic E-state index is 0.0261. The van der Waals surface area contributed by atoms with Crippen molar-refractivity contribution in [1.82, 2.24) is 9.97 Å². The number of halogens is 1. The average Bonchev–Trinajstić information content (AvgIpc) is 3.26. The Morgan fingerprint density at radius 2 is 1.94 bits per heavy atom. The maximum absolute atomic E-state index is 13.6. The van der Waals surface area contributed by atoms with Crippen molar-refractivity contribution in [3.05, 3.63) is 63.4 Å². The van der Waals surface area contributed by atoms with Gasteiger partial charge in [0.1, 0.15) is 5.82 Å². The maximum Gasteiger partial charge on any atom is 0.269 e. The number of non-ortho nitro benzene ring substituents is 1. The van der Waals surface area contributed by atoms with E-state index in [1.807, 2.05) is 17.0 Å². The van der Waals surface area contributed by atoms with Gasteiger partial charge in [0.25, 0.3) is 5.69 Å². The molecule has 1 N–H and O–H groups in total. The fraction of sp³-hybridized carbons (Fsp3) is 0.364. The lowest BCUT2D eigenvalue weighted by atomic mass is 9.92. The number of nitrogens with zero attached hydrogens (tertiary/aromatic N) is 3. The van der Waals surface area contributed by atoms with Gasteiger partial charge < -0.3 is 4.98 Å². The highest BCUT2D eigenvalue weighted by Gasteiger charge is 2.52. The number of aromatic amines is 1. The van der Waals surface area contributed by atoms with Crippen molar-refractivity contribution >= 4 is 51.7 Å². The molecule has 2 fully saturated rings. The van der Waals surface area contributed by atoms with Gasteiger partial charge in [-0.2, -0.15) is 0 Å². The van der Waals surface area contributed by atoms with Crippen molar-refractivity contribution in [3.63, 3.8) is 0 Å². The molecule has 0 radical (unpaired) electrons. The van der Waals surface area contributed by atoms with Crippen LogP contribution >= 0.6 is 23.4 Å². The molecule has 1 aliphatic carbocycles. The van der Waals surface area contributed by atoms with E-state index in [-0.39, 0.29) is 21.7 Å². The lowest BCUT2D eigenvalue weighted by Gasteiger charge is -2.40. The largest absolute Gasteiger partial charge is 0.342 e. The lowest BCUT2D eigenvalue weighted by molar-refractivity contribution is -0.384. The summed E-state index contributed by atoms with van der Waals surface area (Å²) in [4.78, 5) is 33.7. The molecule has 7 nitrogen and oxygen atoms in total. The first kappa shape index (κ1) is 20.3. The zero-order valence-electron chi connectivity index (χ0n) is 16.7. The molecule has 2 aliphatic rings. The minimum atomic E-state index is -0.419. The first-order valence-corrected chi connectivity index (χ1v) is 11.6. The van der Waals surface area contributed by atoms with Crippen LogP contribution in [-0.4, -0.2) is 30.9 Å². The summed E-state index contributed by atoms with van der Waals surface area (Å²) in [7, 11) is 0. The molecule has 160 valence electrons. The fourth-order valence-electron chi connectivity index (χ4n) is 4.68. The molecule has 9 heteroatoms. The van der Waals surface area contributed by atoms with Crippen LogP contribution in [0.15, 0.2) is 42.5 Å². The number of nitro benzene ring substituents is 1. The lowest BCUT2D eigenvalue weighted by Crippen LogP contribution is -2.46. The van der Waals surface area contributed by atoms with E-state index in [0.29, 0.717) is 11.4 Å². The van der Waals surface area contributed by atoms with Gasteiger partial charge in [0.2, 0.25) is 5.91 Å². The van der Waals surface area contributed by atoms with E-state index in [1.165, 1.54) is 18.6 Å². The van der Waals surface area contributed by atoms with Gasteiger partial charge in [-0.05, 0) is 43.2 Å². The molecule has 1 amide bonds. The maximum atomic E-state index is 13.6. The molecule has 31 heavy (non-hydrogen) atoms. The molecule has 2 aromatic carbocycles. The van der Waals surface area contributed by atoms with Crippen molar-refractivity contribution < 1.29 is 9.72 Å². The molecule has 3 aromatic rings. The molecule has 1 spiro atoms. The Bertz CT molecular complexity index is 1160. The Balaban J connectivity index is 1.46.